The molecule has 0 fully saturated rings. The van der Waals surface area contributed by atoms with Gasteiger partial charge in [-0.1, -0.05) is 6.92 Å². The molecule has 7 heteroatoms. The summed E-state index contributed by atoms with van der Waals surface area (Å²) in [6.07, 6.45) is 0.300. The van der Waals surface area contributed by atoms with E-state index in [1.54, 1.807) is 20.8 Å². The Bertz CT molecular complexity index is 408. The van der Waals surface area contributed by atoms with Crippen LogP contribution in [0.4, 0.5) is 0 Å². The van der Waals surface area contributed by atoms with Gasteiger partial charge in [-0.05, 0) is 33.6 Å². The fraction of sp³-hybridized carbons (Fsp3) is 0.846. The van der Waals surface area contributed by atoms with Crippen LogP contribution < -0.4 is 0 Å². The van der Waals surface area contributed by atoms with E-state index in [0.717, 1.165) is 0 Å². The van der Waals surface area contributed by atoms with Gasteiger partial charge in [-0.3, -0.25) is 9.59 Å². The fourth-order valence-corrected chi connectivity index (χ4v) is 2.53. The number of carbonyl (C=O) groups excluding carboxylic acids is 2. The topological polar surface area (TPSA) is 86.7 Å². The van der Waals surface area contributed by atoms with Crippen LogP contribution in [0, 0.1) is 5.41 Å². The molecular formula is C13H24O6S. The molecule has 0 unspecified atom stereocenters. The highest BCUT2D eigenvalue weighted by Gasteiger charge is 2.43. The van der Waals surface area contributed by atoms with Gasteiger partial charge >= 0.3 is 11.9 Å². The number of esters is 2. The Hall–Kier alpha value is -1.11. The van der Waals surface area contributed by atoms with E-state index in [1.165, 1.54) is 6.92 Å². The number of sulfone groups is 1. The number of hydrogen-bond donors (Lipinski definition) is 0. The van der Waals surface area contributed by atoms with Gasteiger partial charge in [0.05, 0.1) is 19.0 Å². The van der Waals surface area contributed by atoms with E-state index in [0.29, 0.717) is 0 Å². The van der Waals surface area contributed by atoms with Crippen LogP contribution in [-0.4, -0.2) is 45.1 Å². The standard InChI is InChI=1S/C13H24O6S/c1-5-18-11(14)13(4,12(15)19-6-2)9-8-10-20(16,17)7-3/h5-10H2,1-4H3. The highest BCUT2D eigenvalue weighted by molar-refractivity contribution is 7.91. The van der Waals surface area contributed by atoms with Gasteiger partial charge in [0.25, 0.3) is 0 Å². The normalized spacial score (nSPS) is 12.0. The van der Waals surface area contributed by atoms with Crippen LogP contribution in [0.1, 0.15) is 40.5 Å². The Kier molecular flexibility index (Phi) is 7.78. The van der Waals surface area contributed by atoms with Crippen molar-refractivity contribution in [3.63, 3.8) is 0 Å². The Morgan fingerprint density at radius 2 is 1.45 bits per heavy atom. The first-order valence-corrected chi connectivity index (χ1v) is 8.60. The lowest BCUT2D eigenvalue weighted by Crippen LogP contribution is -2.39. The molecule has 0 rings (SSSR count). The minimum Gasteiger partial charge on any atom is -0.465 e. The Morgan fingerprint density at radius 3 is 1.80 bits per heavy atom. The second-order valence-corrected chi connectivity index (χ2v) is 7.09. The van der Waals surface area contributed by atoms with Crippen molar-refractivity contribution in [3.8, 4) is 0 Å². The predicted octanol–water partition coefficient (Wildman–Crippen LogP) is 1.33. The van der Waals surface area contributed by atoms with Crippen LogP contribution in [-0.2, 0) is 28.9 Å². The van der Waals surface area contributed by atoms with Gasteiger partial charge in [-0.25, -0.2) is 8.42 Å². The molecule has 6 nitrogen and oxygen atoms in total. The Balaban J connectivity index is 4.87. The molecule has 0 aromatic rings. The average molecular weight is 308 g/mol. The molecule has 0 heterocycles. The van der Waals surface area contributed by atoms with E-state index in [9.17, 15) is 18.0 Å². The molecule has 0 radical (unpaired) electrons. The van der Waals surface area contributed by atoms with Crippen molar-refractivity contribution in [1.29, 1.82) is 0 Å². The van der Waals surface area contributed by atoms with Crippen molar-refractivity contribution in [2.45, 2.75) is 40.5 Å². The van der Waals surface area contributed by atoms with Gasteiger partial charge < -0.3 is 9.47 Å². The molecular weight excluding hydrogens is 284 g/mol. The lowest BCUT2D eigenvalue weighted by molar-refractivity contribution is -0.171. The summed E-state index contributed by atoms with van der Waals surface area (Å²) in [5.74, 6) is -1.36. The van der Waals surface area contributed by atoms with E-state index in [1.807, 2.05) is 0 Å². The quantitative estimate of drug-likeness (QED) is 0.472. The van der Waals surface area contributed by atoms with Crippen LogP contribution >= 0.6 is 0 Å². The zero-order valence-corrected chi connectivity index (χ0v) is 13.4. The molecule has 0 aliphatic carbocycles. The Morgan fingerprint density at radius 1 is 1.00 bits per heavy atom. The molecule has 0 saturated heterocycles. The second-order valence-electron chi connectivity index (χ2n) is 4.61. The molecule has 0 aliphatic rings. The van der Waals surface area contributed by atoms with Gasteiger partial charge in [-0.2, -0.15) is 0 Å². The molecule has 0 amide bonds. The summed E-state index contributed by atoms with van der Waals surface area (Å²) >= 11 is 0. The second kappa shape index (κ2) is 8.24. The first-order chi connectivity index (χ1) is 9.23. The number of hydrogen-bond acceptors (Lipinski definition) is 6. The van der Waals surface area contributed by atoms with Crippen LogP contribution in [0.2, 0.25) is 0 Å². The van der Waals surface area contributed by atoms with Gasteiger partial charge in [0.2, 0.25) is 0 Å². The van der Waals surface area contributed by atoms with Crippen molar-refractivity contribution in [3.05, 3.63) is 0 Å². The summed E-state index contributed by atoms with van der Waals surface area (Å²) in [7, 11) is -3.12. The van der Waals surface area contributed by atoms with Crippen molar-refractivity contribution < 1.29 is 27.5 Å². The van der Waals surface area contributed by atoms with E-state index in [4.69, 9.17) is 9.47 Å². The third kappa shape index (κ3) is 5.48. The van der Waals surface area contributed by atoms with Gasteiger partial charge in [0.1, 0.15) is 9.84 Å². The van der Waals surface area contributed by atoms with Gasteiger partial charge in [0, 0.05) is 5.75 Å². The smallest absolute Gasteiger partial charge is 0.323 e. The van der Waals surface area contributed by atoms with Crippen LogP contribution in [0.25, 0.3) is 0 Å². The highest BCUT2D eigenvalue weighted by atomic mass is 32.2. The lowest BCUT2D eigenvalue weighted by atomic mass is 9.85. The molecule has 0 atom stereocenters. The fourth-order valence-electron chi connectivity index (χ4n) is 1.66. The molecule has 0 N–H and O–H groups in total. The van der Waals surface area contributed by atoms with Crippen molar-refractivity contribution >= 4 is 21.8 Å². The van der Waals surface area contributed by atoms with E-state index in [-0.39, 0.29) is 37.6 Å². The molecule has 0 aliphatic heterocycles. The molecule has 0 spiro atoms. The zero-order chi connectivity index (χ0) is 15.8. The summed E-state index contributed by atoms with van der Waals surface area (Å²) in [6.45, 7) is 6.59. The number of ether oxygens (including phenoxy) is 2. The average Bonchev–Trinajstić information content (AvgIpc) is 2.38. The van der Waals surface area contributed by atoms with Crippen molar-refractivity contribution in [1.82, 2.24) is 0 Å². The van der Waals surface area contributed by atoms with Gasteiger partial charge in [-0.15, -0.1) is 0 Å². The third-order valence-electron chi connectivity index (χ3n) is 3.02. The van der Waals surface area contributed by atoms with Crippen LogP contribution in [0.3, 0.4) is 0 Å². The first kappa shape index (κ1) is 18.9. The van der Waals surface area contributed by atoms with Crippen molar-refractivity contribution in [2.24, 2.45) is 5.41 Å². The van der Waals surface area contributed by atoms with Crippen LogP contribution in [0.5, 0.6) is 0 Å². The summed E-state index contributed by atoms with van der Waals surface area (Å²) < 4.78 is 32.7. The molecule has 0 aromatic carbocycles. The molecule has 20 heavy (non-hydrogen) atoms. The molecule has 0 saturated carbocycles. The monoisotopic (exact) mass is 308 g/mol. The number of carbonyl (C=O) groups is 2. The van der Waals surface area contributed by atoms with E-state index < -0.39 is 27.2 Å². The van der Waals surface area contributed by atoms with Crippen molar-refractivity contribution in [2.75, 3.05) is 24.7 Å². The zero-order valence-electron chi connectivity index (χ0n) is 12.6. The SMILES string of the molecule is CCOC(=O)C(C)(CCCS(=O)(=O)CC)C(=O)OCC. The lowest BCUT2D eigenvalue weighted by Gasteiger charge is -2.24. The maximum Gasteiger partial charge on any atom is 0.323 e. The largest absolute Gasteiger partial charge is 0.465 e. The predicted molar refractivity (Wildman–Crippen MR) is 74.9 cm³/mol. The minimum absolute atomic E-state index is 0.0442. The van der Waals surface area contributed by atoms with E-state index >= 15 is 0 Å². The maximum absolute atomic E-state index is 11.9. The summed E-state index contributed by atoms with van der Waals surface area (Å²) in [4.78, 5) is 23.9. The summed E-state index contributed by atoms with van der Waals surface area (Å²) in [5.41, 5.74) is -1.45. The molecule has 0 aromatic heterocycles. The van der Waals surface area contributed by atoms with Gasteiger partial charge in [0.15, 0.2) is 5.41 Å². The maximum atomic E-state index is 11.9. The van der Waals surface area contributed by atoms with E-state index in [2.05, 4.69) is 0 Å². The minimum atomic E-state index is -3.12. The number of rotatable bonds is 9. The first-order valence-electron chi connectivity index (χ1n) is 6.78. The highest BCUT2D eigenvalue weighted by Crippen LogP contribution is 2.27. The van der Waals surface area contributed by atoms with Crippen LogP contribution in [0.15, 0.2) is 0 Å². The molecule has 118 valence electrons. The summed E-state index contributed by atoms with van der Waals surface area (Å²) in [6, 6.07) is 0. The molecule has 0 bridgehead atoms. The summed E-state index contributed by atoms with van der Waals surface area (Å²) in [5, 5.41) is 0. The third-order valence-corrected chi connectivity index (χ3v) is 4.81. The Labute approximate surface area is 120 Å².